The van der Waals surface area contributed by atoms with Crippen molar-refractivity contribution >= 4 is 28.5 Å². The molecule has 0 radical (unpaired) electrons. The Morgan fingerprint density at radius 3 is 2.31 bits per heavy atom. The molecule has 0 atom stereocenters. The summed E-state index contributed by atoms with van der Waals surface area (Å²) in [6.07, 6.45) is 0. The Labute approximate surface area is 209 Å². The molecule has 0 saturated carbocycles. The van der Waals surface area contributed by atoms with Crippen molar-refractivity contribution in [3.63, 3.8) is 0 Å². The number of para-hydroxylation sites is 2. The molecular weight excluding hydrogens is 456 g/mol. The number of aromatic nitrogens is 2. The standard InChI is InChI=1S/C28H28N4O4/c1-35-25-11-7-6-10-24(25)30-14-16-31(17-15-30)28-29-23-18-21(27(34)36-2)12-13-22(23)26(33)32(28)19-20-8-4-3-5-9-20/h3-13,18H,14-17,19H2,1-2H3. The number of ether oxygens (including phenoxy) is 2. The van der Waals surface area contributed by atoms with E-state index in [2.05, 4.69) is 15.9 Å². The molecule has 0 amide bonds. The van der Waals surface area contributed by atoms with E-state index >= 15 is 0 Å². The maximum Gasteiger partial charge on any atom is 0.337 e. The Hall–Kier alpha value is -4.33. The van der Waals surface area contributed by atoms with Crippen molar-refractivity contribution in [2.24, 2.45) is 0 Å². The molecule has 184 valence electrons. The van der Waals surface area contributed by atoms with E-state index < -0.39 is 5.97 Å². The van der Waals surface area contributed by atoms with Crippen molar-refractivity contribution in [3.05, 3.63) is 94.3 Å². The molecule has 1 aromatic heterocycles. The summed E-state index contributed by atoms with van der Waals surface area (Å²) >= 11 is 0. The Bertz CT molecular complexity index is 1440. The van der Waals surface area contributed by atoms with Gasteiger partial charge in [0.25, 0.3) is 5.56 Å². The third kappa shape index (κ3) is 4.49. The Kier molecular flexibility index (Phi) is 6.58. The number of piperazine rings is 1. The van der Waals surface area contributed by atoms with Crippen molar-refractivity contribution in [2.75, 3.05) is 50.2 Å². The largest absolute Gasteiger partial charge is 0.495 e. The minimum absolute atomic E-state index is 0.137. The van der Waals surface area contributed by atoms with Gasteiger partial charge < -0.3 is 19.3 Å². The highest BCUT2D eigenvalue weighted by Crippen LogP contribution is 2.29. The highest BCUT2D eigenvalue weighted by molar-refractivity contribution is 5.94. The lowest BCUT2D eigenvalue weighted by Crippen LogP contribution is -2.48. The molecule has 8 nitrogen and oxygen atoms in total. The van der Waals surface area contributed by atoms with Gasteiger partial charge in [0.15, 0.2) is 0 Å². The minimum Gasteiger partial charge on any atom is -0.495 e. The topological polar surface area (TPSA) is 76.9 Å². The Morgan fingerprint density at radius 2 is 1.58 bits per heavy atom. The predicted octanol–water partition coefficient (Wildman–Crippen LogP) is 3.57. The summed E-state index contributed by atoms with van der Waals surface area (Å²) in [7, 11) is 3.02. The molecule has 0 N–H and O–H groups in total. The number of rotatable bonds is 6. The van der Waals surface area contributed by atoms with Crippen LogP contribution < -0.4 is 20.1 Å². The summed E-state index contributed by atoms with van der Waals surface area (Å²) in [6, 6.07) is 22.8. The van der Waals surface area contributed by atoms with Gasteiger partial charge in [-0.15, -0.1) is 0 Å². The molecule has 4 aromatic rings. The van der Waals surface area contributed by atoms with Gasteiger partial charge in [-0.25, -0.2) is 9.78 Å². The van der Waals surface area contributed by atoms with Crippen LogP contribution in [0.3, 0.4) is 0 Å². The molecule has 1 aliphatic rings. The van der Waals surface area contributed by atoms with Gasteiger partial charge in [0.05, 0.1) is 42.9 Å². The number of methoxy groups -OCH3 is 2. The van der Waals surface area contributed by atoms with E-state index in [9.17, 15) is 9.59 Å². The van der Waals surface area contributed by atoms with Gasteiger partial charge in [0.1, 0.15) is 5.75 Å². The van der Waals surface area contributed by atoms with Crippen LogP contribution >= 0.6 is 0 Å². The number of carbonyl (C=O) groups excluding carboxylic acids is 1. The van der Waals surface area contributed by atoms with Gasteiger partial charge in [-0.2, -0.15) is 0 Å². The number of nitrogens with zero attached hydrogens (tertiary/aromatic N) is 4. The molecule has 1 fully saturated rings. The van der Waals surface area contributed by atoms with Crippen LogP contribution in [0, 0.1) is 0 Å². The molecule has 8 heteroatoms. The summed E-state index contributed by atoms with van der Waals surface area (Å²) in [5, 5.41) is 0.468. The van der Waals surface area contributed by atoms with E-state index in [-0.39, 0.29) is 5.56 Å². The maximum atomic E-state index is 13.7. The second-order valence-electron chi connectivity index (χ2n) is 8.66. The van der Waals surface area contributed by atoms with Crippen LogP contribution in [0.1, 0.15) is 15.9 Å². The number of benzene rings is 3. The number of hydrogen-bond donors (Lipinski definition) is 0. The van der Waals surface area contributed by atoms with Crippen molar-refractivity contribution < 1.29 is 14.3 Å². The molecule has 0 aliphatic carbocycles. The first-order valence-corrected chi connectivity index (χ1v) is 11.9. The van der Waals surface area contributed by atoms with E-state index in [0.29, 0.717) is 42.0 Å². The summed E-state index contributed by atoms with van der Waals surface area (Å²) in [5.74, 6) is 0.975. The van der Waals surface area contributed by atoms with Crippen molar-refractivity contribution in [1.29, 1.82) is 0 Å². The average Bonchev–Trinajstić information content (AvgIpc) is 2.94. The molecule has 0 spiro atoms. The van der Waals surface area contributed by atoms with Crippen LogP contribution in [0.2, 0.25) is 0 Å². The fourth-order valence-corrected chi connectivity index (χ4v) is 4.64. The van der Waals surface area contributed by atoms with Crippen LogP contribution in [0.15, 0.2) is 77.6 Å². The molecular formula is C28H28N4O4. The van der Waals surface area contributed by atoms with E-state index in [1.54, 1.807) is 29.9 Å². The van der Waals surface area contributed by atoms with E-state index in [4.69, 9.17) is 14.5 Å². The highest BCUT2D eigenvalue weighted by atomic mass is 16.5. The van der Waals surface area contributed by atoms with Gasteiger partial charge >= 0.3 is 5.97 Å². The number of anilines is 2. The SMILES string of the molecule is COC(=O)c1ccc2c(=O)n(Cc3ccccc3)c(N3CCN(c4ccccc4OC)CC3)nc2c1. The second kappa shape index (κ2) is 10.1. The Balaban J connectivity index is 1.53. The van der Waals surface area contributed by atoms with Crippen molar-refractivity contribution in [2.45, 2.75) is 6.54 Å². The zero-order valence-corrected chi connectivity index (χ0v) is 20.4. The molecule has 1 aliphatic heterocycles. The molecule has 0 bridgehead atoms. The van der Waals surface area contributed by atoms with Crippen LogP contribution in [0.5, 0.6) is 5.75 Å². The van der Waals surface area contributed by atoms with Crippen molar-refractivity contribution in [1.82, 2.24) is 9.55 Å². The molecule has 36 heavy (non-hydrogen) atoms. The first-order valence-electron chi connectivity index (χ1n) is 11.9. The van der Waals surface area contributed by atoms with E-state index in [0.717, 1.165) is 30.1 Å². The minimum atomic E-state index is -0.459. The lowest BCUT2D eigenvalue weighted by Gasteiger charge is -2.37. The lowest BCUT2D eigenvalue weighted by atomic mass is 10.1. The summed E-state index contributed by atoms with van der Waals surface area (Å²) < 4.78 is 12.1. The van der Waals surface area contributed by atoms with Crippen LogP contribution in [-0.4, -0.2) is 55.9 Å². The number of fused-ring (bicyclic) bond motifs is 1. The smallest absolute Gasteiger partial charge is 0.337 e. The van der Waals surface area contributed by atoms with Gasteiger partial charge in [-0.3, -0.25) is 9.36 Å². The lowest BCUT2D eigenvalue weighted by molar-refractivity contribution is 0.0601. The quantitative estimate of drug-likeness (QED) is 0.387. The highest BCUT2D eigenvalue weighted by Gasteiger charge is 2.24. The third-order valence-corrected chi connectivity index (χ3v) is 6.53. The maximum absolute atomic E-state index is 13.7. The fraction of sp³-hybridized carbons (Fsp3) is 0.250. The molecule has 5 rings (SSSR count). The van der Waals surface area contributed by atoms with Gasteiger partial charge in [-0.05, 0) is 35.9 Å². The summed E-state index contributed by atoms with van der Waals surface area (Å²) in [4.78, 5) is 35.1. The second-order valence-corrected chi connectivity index (χ2v) is 8.66. The summed E-state index contributed by atoms with van der Waals surface area (Å²) in [5.41, 5.74) is 2.78. The molecule has 1 saturated heterocycles. The fourth-order valence-electron chi connectivity index (χ4n) is 4.64. The Morgan fingerprint density at radius 1 is 0.889 bits per heavy atom. The molecule has 3 aromatic carbocycles. The number of carbonyl (C=O) groups is 1. The zero-order valence-electron chi connectivity index (χ0n) is 20.4. The summed E-state index contributed by atoms with van der Waals surface area (Å²) in [6.45, 7) is 3.27. The van der Waals surface area contributed by atoms with Crippen LogP contribution in [-0.2, 0) is 11.3 Å². The molecule has 0 unspecified atom stereocenters. The van der Waals surface area contributed by atoms with Gasteiger partial charge in [0, 0.05) is 26.2 Å². The average molecular weight is 485 g/mol. The van der Waals surface area contributed by atoms with Gasteiger partial charge in [0.2, 0.25) is 5.95 Å². The van der Waals surface area contributed by atoms with Crippen LogP contribution in [0.25, 0.3) is 10.9 Å². The molecule has 2 heterocycles. The van der Waals surface area contributed by atoms with Crippen LogP contribution in [0.4, 0.5) is 11.6 Å². The first-order chi connectivity index (χ1) is 17.6. The number of hydrogen-bond acceptors (Lipinski definition) is 7. The van der Waals surface area contributed by atoms with Gasteiger partial charge in [-0.1, -0.05) is 42.5 Å². The zero-order chi connectivity index (χ0) is 25.1. The normalized spacial score (nSPS) is 13.6. The van der Waals surface area contributed by atoms with E-state index in [1.165, 1.54) is 7.11 Å². The predicted molar refractivity (Wildman–Crippen MR) is 140 cm³/mol. The monoisotopic (exact) mass is 484 g/mol. The van der Waals surface area contributed by atoms with Crippen molar-refractivity contribution in [3.8, 4) is 5.75 Å². The first kappa shape index (κ1) is 23.4. The number of esters is 1. The third-order valence-electron chi connectivity index (χ3n) is 6.53. The van der Waals surface area contributed by atoms with E-state index in [1.807, 2.05) is 48.5 Å².